The molecule has 0 saturated heterocycles. The van der Waals surface area contributed by atoms with Crippen molar-refractivity contribution in [1.29, 1.82) is 0 Å². The van der Waals surface area contributed by atoms with E-state index < -0.39 is 24.8 Å². The van der Waals surface area contributed by atoms with Gasteiger partial charge in [-0.3, -0.25) is 9.48 Å². The predicted octanol–water partition coefficient (Wildman–Crippen LogP) is 1.98. The molecular weight excluding hydrogens is 275 g/mol. The van der Waals surface area contributed by atoms with Crippen molar-refractivity contribution in [3.63, 3.8) is 0 Å². The molecule has 0 N–H and O–H groups in total. The van der Waals surface area contributed by atoms with E-state index in [2.05, 4.69) is 5.10 Å². The van der Waals surface area contributed by atoms with Crippen molar-refractivity contribution in [3.05, 3.63) is 11.9 Å². The van der Waals surface area contributed by atoms with Crippen LogP contribution in [0.5, 0.6) is 5.75 Å². The van der Waals surface area contributed by atoms with Crippen LogP contribution in [0.3, 0.4) is 0 Å². The van der Waals surface area contributed by atoms with Crippen LogP contribution in [-0.2, 0) is 6.54 Å². The van der Waals surface area contributed by atoms with Gasteiger partial charge in [-0.1, -0.05) is 0 Å². The van der Waals surface area contributed by atoms with E-state index in [1.807, 2.05) is 19.0 Å². The molecule has 1 heterocycles. The predicted molar refractivity (Wildman–Crippen MR) is 67.0 cm³/mol. The number of halogens is 3. The SMILES string of the molecule is COc1cnn(CCN(C)C)c1C(=O)CCC(F)(F)F. The van der Waals surface area contributed by atoms with Gasteiger partial charge in [0.05, 0.1) is 26.3 Å². The number of nitrogens with zero attached hydrogens (tertiary/aromatic N) is 3. The molecule has 0 saturated carbocycles. The molecule has 0 spiro atoms. The lowest BCUT2D eigenvalue weighted by molar-refractivity contribution is -0.133. The normalized spacial score (nSPS) is 11.9. The lowest BCUT2D eigenvalue weighted by Crippen LogP contribution is -2.22. The van der Waals surface area contributed by atoms with Crippen LogP contribution < -0.4 is 4.74 Å². The van der Waals surface area contributed by atoms with Crippen LogP contribution in [0, 0.1) is 0 Å². The van der Waals surface area contributed by atoms with E-state index in [4.69, 9.17) is 4.74 Å². The van der Waals surface area contributed by atoms with Gasteiger partial charge in [0.15, 0.2) is 11.5 Å². The zero-order valence-corrected chi connectivity index (χ0v) is 11.7. The highest BCUT2D eigenvalue weighted by atomic mass is 19.4. The summed E-state index contributed by atoms with van der Waals surface area (Å²) >= 11 is 0. The first-order valence-corrected chi connectivity index (χ1v) is 6.09. The topological polar surface area (TPSA) is 47.4 Å². The molecule has 0 aromatic carbocycles. The summed E-state index contributed by atoms with van der Waals surface area (Å²) in [5.74, 6) is -0.411. The van der Waals surface area contributed by atoms with Gasteiger partial charge in [0.1, 0.15) is 5.69 Å². The van der Waals surface area contributed by atoms with Gasteiger partial charge in [-0.05, 0) is 14.1 Å². The van der Waals surface area contributed by atoms with Crippen LogP contribution in [0.2, 0.25) is 0 Å². The minimum Gasteiger partial charge on any atom is -0.493 e. The van der Waals surface area contributed by atoms with E-state index in [1.54, 1.807) is 0 Å². The number of ketones is 1. The first-order chi connectivity index (χ1) is 9.24. The molecule has 1 aromatic heterocycles. The van der Waals surface area contributed by atoms with Crippen molar-refractivity contribution in [3.8, 4) is 5.75 Å². The summed E-state index contributed by atoms with van der Waals surface area (Å²) in [6.45, 7) is 1.02. The summed E-state index contributed by atoms with van der Waals surface area (Å²) in [4.78, 5) is 13.8. The third-order valence-electron chi connectivity index (χ3n) is 2.68. The molecule has 0 radical (unpaired) electrons. The molecule has 1 aromatic rings. The largest absolute Gasteiger partial charge is 0.493 e. The molecule has 5 nitrogen and oxygen atoms in total. The average Bonchev–Trinajstić information content (AvgIpc) is 2.75. The van der Waals surface area contributed by atoms with Crippen LogP contribution in [0.25, 0.3) is 0 Å². The zero-order chi connectivity index (χ0) is 15.3. The summed E-state index contributed by atoms with van der Waals surface area (Å²) < 4.78 is 42.9. The average molecular weight is 293 g/mol. The van der Waals surface area contributed by atoms with Crippen molar-refractivity contribution < 1.29 is 22.7 Å². The fourth-order valence-corrected chi connectivity index (χ4v) is 1.64. The Morgan fingerprint density at radius 1 is 1.45 bits per heavy atom. The third kappa shape index (κ3) is 4.84. The smallest absolute Gasteiger partial charge is 0.389 e. The molecule has 0 atom stereocenters. The lowest BCUT2D eigenvalue weighted by Gasteiger charge is -2.12. The number of ether oxygens (including phenoxy) is 1. The molecule has 0 amide bonds. The zero-order valence-electron chi connectivity index (χ0n) is 11.7. The number of hydrogen-bond donors (Lipinski definition) is 0. The van der Waals surface area contributed by atoms with Crippen LogP contribution in [0.15, 0.2) is 6.20 Å². The van der Waals surface area contributed by atoms with E-state index in [0.717, 1.165) is 0 Å². The lowest BCUT2D eigenvalue weighted by atomic mass is 10.1. The third-order valence-corrected chi connectivity index (χ3v) is 2.68. The van der Waals surface area contributed by atoms with Crippen molar-refractivity contribution >= 4 is 5.78 Å². The highest BCUT2D eigenvalue weighted by Crippen LogP contribution is 2.25. The number of Topliss-reactive ketones (excluding diaryl/α,β-unsaturated/α-hetero) is 1. The Bertz CT molecular complexity index is 455. The number of carbonyl (C=O) groups is 1. The first kappa shape index (κ1) is 16.5. The second-order valence-corrected chi connectivity index (χ2v) is 4.63. The Labute approximate surface area is 115 Å². The van der Waals surface area contributed by atoms with E-state index in [-0.39, 0.29) is 11.4 Å². The summed E-state index contributed by atoms with van der Waals surface area (Å²) in [7, 11) is 5.06. The fraction of sp³-hybridized carbons (Fsp3) is 0.667. The Balaban J connectivity index is 2.84. The Morgan fingerprint density at radius 3 is 2.60 bits per heavy atom. The second kappa shape index (κ2) is 6.74. The van der Waals surface area contributed by atoms with E-state index in [9.17, 15) is 18.0 Å². The van der Waals surface area contributed by atoms with Gasteiger partial charge >= 0.3 is 6.18 Å². The van der Waals surface area contributed by atoms with Crippen LogP contribution in [-0.4, -0.2) is 54.4 Å². The van der Waals surface area contributed by atoms with Gasteiger partial charge in [-0.2, -0.15) is 18.3 Å². The number of aromatic nitrogens is 2. The van der Waals surface area contributed by atoms with Crippen molar-refractivity contribution in [1.82, 2.24) is 14.7 Å². The Kier molecular flexibility index (Phi) is 5.55. The maximum absolute atomic E-state index is 12.2. The number of alkyl halides is 3. The molecule has 0 unspecified atom stereocenters. The maximum Gasteiger partial charge on any atom is 0.389 e. The Morgan fingerprint density at radius 2 is 2.10 bits per heavy atom. The van der Waals surface area contributed by atoms with E-state index in [1.165, 1.54) is 18.0 Å². The summed E-state index contributed by atoms with van der Waals surface area (Å²) in [6, 6.07) is 0. The summed E-state index contributed by atoms with van der Waals surface area (Å²) in [5.41, 5.74) is 0.0959. The van der Waals surface area contributed by atoms with Crippen LogP contribution >= 0.6 is 0 Å². The first-order valence-electron chi connectivity index (χ1n) is 6.09. The molecule has 0 aliphatic carbocycles. The number of methoxy groups -OCH3 is 1. The molecule has 0 bridgehead atoms. The van der Waals surface area contributed by atoms with Gasteiger partial charge in [0, 0.05) is 13.0 Å². The second-order valence-electron chi connectivity index (χ2n) is 4.63. The number of rotatable bonds is 7. The molecule has 20 heavy (non-hydrogen) atoms. The van der Waals surface area contributed by atoms with Crippen LogP contribution in [0.4, 0.5) is 13.2 Å². The molecule has 0 aliphatic rings. The van der Waals surface area contributed by atoms with Gasteiger partial charge in [-0.15, -0.1) is 0 Å². The number of hydrogen-bond acceptors (Lipinski definition) is 4. The quantitative estimate of drug-likeness (QED) is 0.721. The van der Waals surface area contributed by atoms with Crippen LogP contribution in [0.1, 0.15) is 23.3 Å². The molecule has 1 rings (SSSR count). The van der Waals surface area contributed by atoms with E-state index in [0.29, 0.717) is 13.1 Å². The van der Waals surface area contributed by atoms with Gasteiger partial charge in [0.2, 0.25) is 0 Å². The molecule has 0 fully saturated rings. The number of carbonyl (C=O) groups excluding carboxylic acids is 1. The monoisotopic (exact) mass is 293 g/mol. The highest BCUT2D eigenvalue weighted by Gasteiger charge is 2.30. The Hall–Kier alpha value is -1.57. The van der Waals surface area contributed by atoms with Gasteiger partial charge in [-0.25, -0.2) is 0 Å². The van der Waals surface area contributed by atoms with Crippen molar-refractivity contribution in [2.24, 2.45) is 0 Å². The van der Waals surface area contributed by atoms with E-state index >= 15 is 0 Å². The summed E-state index contributed by atoms with van der Waals surface area (Å²) in [5, 5.41) is 3.99. The van der Waals surface area contributed by atoms with Crippen molar-refractivity contribution in [2.45, 2.75) is 25.6 Å². The van der Waals surface area contributed by atoms with Crippen molar-refractivity contribution in [2.75, 3.05) is 27.7 Å². The summed E-state index contributed by atoms with van der Waals surface area (Å²) in [6.07, 6.45) is -4.75. The highest BCUT2D eigenvalue weighted by molar-refractivity contribution is 5.97. The molecule has 8 heteroatoms. The molecular formula is C12H18F3N3O2. The standard InChI is InChI=1S/C12H18F3N3O2/c1-17(2)6-7-18-11(10(20-3)8-16-18)9(19)4-5-12(13,14)15/h8H,4-7H2,1-3H3. The minimum absolute atomic E-state index is 0.0959. The molecule has 0 aliphatic heterocycles. The maximum atomic E-state index is 12.2. The number of likely N-dealkylation sites (N-methyl/N-ethyl adjacent to an activating group) is 1. The van der Waals surface area contributed by atoms with Gasteiger partial charge < -0.3 is 9.64 Å². The molecule has 114 valence electrons. The van der Waals surface area contributed by atoms with Gasteiger partial charge in [0.25, 0.3) is 0 Å². The minimum atomic E-state index is -4.35. The fourth-order valence-electron chi connectivity index (χ4n) is 1.64.